The number of hydrogen-bond donors (Lipinski definition) is 2. The standard InChI is InChI=1S/C16H21F2N3O2/c1-10(11-5-6-12(17)13(18)8-11)9-20-16(23)21-7-3-4-14(21)15(22)19-2/h5-6,8,10,14H,3-4,7,9H2,1-2H3,(H,19,22)(H,20,23)/t10-,14-/m1/s1. The van der Waals surface area contributed by atoms with Crippen molar-refractivity contribution in [1.29, 1.82) is 0 Å². The number of halogens is 2. The van der Waals surface area contributed by atoms with Gasteiger partial charge in [-0.15, -0.1) is 0 Å². The summed E-state index contributed by atoms with van der Waals surface area (Å²) in [7, 11) is 1.54. The first-order valence-corrected chi connectivity index (χ1v) is 7.65. The van der Waals surface area contributed by atoms with E-state index in [0.717, 1.165) is 18.6 Å². The van der Waals surface area contributed by atoms with Gasteiger partial charge in [-0.1, -0.05) is 13.0 Å². The molecule has 1 aromatic carbocycles. The second-order valence-electron chi connectivity index (χ2n) is 5.73. The summed E-state index contributed by atoms with van der Waals surface area (Å²) in [6.07, 6.45) is 1.43. The van der Waals surface area contributed by atoms with Crippen LogP contribution < -0.4 is 10.6 Å². The van der Waals surface area contributed by atoms with E-state index >= 15 is 0 Å². The summed E-state index contributed by atoms with van der Waals surface area (Å²) in [5, 5.41) is 5.31. The minimum absolute atomic E-state index is 0.171. The Balaban J connectivity index is 1.93. The number of hydrogen-bond acceptors (Lipinski definition) is 2. The van der Waals surface area contributed by atoms with Gasteiger partial charge >= 0.3 is 6.03 Å². The van der Waals surface area contributed by atoms with Crippen LogP contribution in [0.1, 0.15) is 31.2 Å². The molecule has 23 heavy (non-hydrogen) atoms. The van der Waals surface area contributed by atoms with Gasteiger partial charge in [0, 0.05) is 20.1 Å². The molecule has 1 heterocycles. The molecule has 1 fully saturated rings. The molecule has 2 atom stereocenters. The monoisotopic (exact) mass is 325 g/mol. The van der Waals surface area contributed by atoms with E-state index in [1.54, 1.807) is 7.05 Å². The predicted octanol–water partition coefficient (Wildman–Crippen LogP) is 1.99. The number of benzene rings is 1. The number of nitrogens with zero attached hydrogens (tertiary/aromatic N) is 1. The molecule has 1 aliphatic rings. The van der Waals surface area contributed by atoms with E-state index < -0.39 is 17.7 Å². The summed E-state index contributed by atoms with van der Waals surface area (Å²) < 4.78 is 26.2. The maximum Gasteiger partial charge on any atom is 0.318 e. The van der Waals surface area contributed by atoms with Gasteiger partial charge in [0.1, 0.15) is 6.04 Å². The van der Waals surface area contributed by atoms with Crippen LogP contribution >= 0.6 is 0 Å². The fourth-order valence-electron chi connectivity index (χ4n) is 2.73. The highest BCUT2D eigenvalue weighted by Gasteiger charge is 2.33. The van der Waals surface area contributed by atoms with E-state index in [1.807, 2.05) is 6.92 Å². The van der Waals surface area contributed by atoms with Gasteiger partial charge in [-0.25, -0.2) is 13.6 Å². The van der Waals surface area contributed by atoms with Crippen LogP contribution in [0.3, 0.4) is 0 Å². The van der Waals surface area contributed by atoms with Crippen LogP contribution in [0.25, 0.3) is 0 Å². The molecule has 0 spiro atoms. The highest BCUT2D eigenvalue weighted by atomic mass is 19.2. The Bertz CT molecular complexity index is 595. The Morgan fingerprint density at radius 1 is 1.35 bits per heavy atom. The Morgan fingerprint density at radius 2 is 2.09 bits per heavy atom. The van der Waals surface area contributed by atoms with Crippen LogP contribution in [0.4, 0.5) is 13.6 Å². The van der Waals surface area contributed by atoms with Crippen molar-refractivity contribution >= 4 is 11.9 Å². The van der Waals surface area contributed by atoms with Crippen molar-refractivity contribution in [3.05, 3.63) is 35.4 Å². The number of amides is 3. The topological polar surface area (TPSA) is 61.4 Å². The fraction of sp³-hybridized carbons (Fsp3) is 0.500. The zero-order chi connectivity index (χ0) is 17.0. The Morgan fingerprint density at radius 3 is 2.74 bits per heavy atom. The number of carbonyl (C=O) groups excluding carboxylic acids is 2. The quantitative estimate of drug-likeness (QED) is 0.889. The predicted molar refractivity (Wildman–Crippen MR) is 82.0 cm³/mol. The molecule has 0 bridgehead atoms. The van der Waals surface area contributed by atoms with Gasteiger partial charge in [0.2, 0.25) is 5.91 Å². The lowest BCUT2D eigenvalue weighted by atomic mass is 10.0. The summed E-state index contributed by atoms with van der Waals surface area (Å²) in [4.78, 5) is 25.5. The Hall–Kier alpha value is -2.18. The number of rotatable bonds is 4. The van der Waals surface area contributed by atoms with E-state index in [2.05, 4.69) is 10.6 Å². The zero-order valence-electron chi connectivity index (χ0n) is 13.2. The minimum Gasteiger partial charge on any atom is -0.357 e. The van der Waals surface area contributed by atoms with Crippen molar-refractivity contribution in [3.8, 4) is 0 Å². The lowest BCUT2D eigenvalue weighted by Crippen LogP contribution is -2.49. The van der Waals surface area contributed by atoms with Crippen molar-refractivity contribution in [3.63, 3.8) is 0 Å². The van der Waals surface area contributed by atoms with E-state index in [4.69, 9.17) is 0 Å². The molecule has 0 aromatic heterocycles. The molecule has 2 rings (SSSR count). The molecule has 126 valence electrons. The van der Waals surface area contributed by atoms with Crippen molar-refractivity contribution in [2.45, 2.75) is 31.7 Å². The van der Waals surface area contributed by atoms with Crippen LogP contribution in [0, 0.1) is 11.6 Å². The second kappa shape index (κ2) is 7.39. The minimum atomic E-state index is -0.903. The Labute approximate surface area is 134 Å². The van der Waals surface area contributed by atoms with E-state index in [9.17, 15) is 18.4 Å². The van der Waals surface area contributed by atoms with E-state index in [0.29, 0.717) is 18.5 Å². The van der Waals surface area contributed by atoms with Gasteiger partial charge in [-0.2, -0.15) is 0 Å². The largest absolute Gasteiger partial charge is 0.357 e. The molecule has 3 amide bonds. The van der Waals surface area contributed by atoms with E-state index in [1.165, 1.54) is 11.0 Å². The first-order chi connectivity index (χ1) is 10.9. The van der Waals surface area contributed by atoms with Gasteiger partial charge in [0.05, 0.1) is 0 Å². The lowest BCUT2D eigenvalue weighted by Gasteiger charge is -2.24. The van der Waals surface area contributed by atoms with Gasteiger partial charge in [-0.3, -0.25) is 4.79 Å². The van der Waals surface area contributed by atoms with Crippen LogP contribution in [0.15, 0.2) is 18.2 Å². The van der Waals surface area contributed by atoms with Crippen LogP contribution in [0.5, 0.6) is 0 Å². The van der Waals surface area contributed by atoms with Gasteiger partial charge in [0.25, 0.3) is 0 Å². The molecular weight excluding hydrogens is 304 g/mol. The van der Waals surface area contributed by atoms with Crippen molar-refractivity contribution in [1.82, 2.24) is 15.5 Å². The molecule has 0 unspecified atom stereocenters. The zero-order valence-corrected chi connectivity index (χ0v) is 13.2. The molecule has 1 aliphatic heterocycles. The molecule has 1 aromatic rings. The summed E-state index contributed by atoms with van der Waals surface area (Å²) in [5.74, 6) is -2.14. The SMILES string of the molecule is CNC(=O)[C@H]1CCCN1C(=O)NC[C@@H](C)c1ccc(F)c(F)c1. The smallest absolute Gasteiger partial charge is 0.318 e. The maximum absolute atomic E-state index is 13.2. The van der Waals surface area contributed by atoms with Crippen molar-refractivity contribution in [2.75, 3.05) is 20.1 Å². The van der Waals surface area contributed by atoms with Crippen LogP contribution in [0.2, 0.25) is 0 Å². The average Bonchev–Trinajstić information content (AvgIpc) is 3.03. The summed E-state index contributed by atoms with van der Waals surface area (Å²) in [6, 6.07) is 2.95. The second-order valence-corrected chi connectivity index (χ2v) is 5.73. The molecule has 0 aliphatic carbocycles. The van der Waals surface area contributed by atoms with Gasteiger partial charge in [0.15, 0.2) is 11.6 Å². The fourth-order valence-corrected chi connectivity index (χ4v) is 2.73. The van der Waals surface area contributed by atoms with Crippen LogP contribution in [-0.2, 0) is 4.79 Å². The highest BCUT2D eigenvalue weighted by molar-refractivity contribution is 5.87. The van der Waals surface area contributed by atoms with E-state index in [-0.39, 0.29) is 24.4 Å². The molecular formula is C16H21F2N3O2. The molecule has 5 nitrogen and oxygen atoms in total. The molecule has 2 N–H and O–H groups in total. The number of likely N-dealkylation sites (tertiary alicyclic amines) is 1. The maximum atomic E-state index is 13.2. The van der Waals surface area contributed by atoms with Crippen LogP contribution in [-0.4, -0.2) is 43.0 Å². The first kappa shape index (κ1) is 17.2. The van der Waals surface area contributed by atoms with Crippen molar-refractivity contribution in [2.24, 2.45) is 0 Å². The third-order valence-corrected chi connectivity index (χ3v) is 4.13. The molecule has 7 heteroatoms. The summed E-state index contributed by atoms with van der Waals surface area (Å²) in [6.45, 7) is 2.62. The average molecular weight is 325 g/mol. The van der Waals surface area contributed by atoms with Gasteiger partial charge < -0.3 is 15.5 Å². The highest BCUT2D eigenvalue weighted by Crippen LogP contribution is 2.19. The number of likely N-dealkylation sites (N-methyl/N-ethyl adjacent to an activating group) is 1. The van der Waals surface area contributed by atoms with Crippen molar-refractivity contribution < 1.29 is 18.4 Å². The first-order valence-electron chi connectivity index (χ1n) is 7.65. The summed E-state index contributed by atoms with van der Waals surface area (Å²) in [5.41, 5.74) is 0.605. The summed E-state index contributed by atoms with van der Waals surface area (Å²) >= 11 is 0. The third kappa shape index (κ3) is 3.97. The Kier molecular flexibility index (Phi) is 5.52. The normalized spacial score (nSPS) is 18.6. The third-order valence-electron chi connectivity index (χ3n) is 4.13. The lowest BCUT2D eigenvalue weighted by molar-refractivity contribution is -0.124. The number of nitrogens with one attached hydrogen (secondary N) is 2. The molecule has 0 radical (unpaired) electrons. The molecule has 1 saturated heterocycles. The number of carbonyl (C=O) groups is 2. The number of urea groups is 1. The molecule has 0 saturated carbocycles. The van der Waals surface area contributed by atoms with Gasteiger partial charge in [-0.05, 0) is 36.5 Å².